The van der Waals surface area contributed by atoms with Crippen molar-refractivity contribution in [3.63, 3.8) is 0 Å². The summed E-state index contributed by atoms with van der Waals surface area (Å²) in [5.74, 6) is -0.691. The highest BCUT2D eigenvalue weighted by molar-refractivity contribution is 9.10. The Balaban J connectivity index is 1.77. The van der Waals surface area contributed by atoms with Crippen molar-refractivity contribution in [2.45, 2.75) is 53.2 Å². The van der Waals surface area contributed by atoms with Crippen molar-refractivity contribution in [3.8, 4) is 0 Å². The van der Waals surface area contributed by atoms with E-state index in [1.54, 1.807) is 11.0 Å². The first-order chi connectivity index (χ1) is 15.6. The van der Waals surface area contributed by atoms with E-state index in [4.69, 9.17) is 0 Å². The highest BCUT2D eigenvalue weighted by Gasteiger charge is 2.51. The van der Waals surface area contributed by atoms with E-state index >= 15 is 0 Å². The summed E-state index contributed by atoms with van der Waals surface area (Å²) in [6, 6.07) is 15.1. The molecule has 1 aliphatic rings. The quantitative estimate of drug-likeness (QED) is 0.432. The molecule has 33 heavy (non-hydrogen) atoms. The lowest BCUT2D eigenvalue weighted by Crippen LogP contribution is -2.41. The van der Waals surface area contributed by atoms with Crippen molar-refractivity contribution in [3.05, 3.63) is 97.5 Å². The molecule has 1 heterocycles. The molecule has 0 saturated carbocycles. The van der Waals surface area contributed by atoms with Crippen LogP contribution in [-0.4, -0.2) is 16.8 Å². The lowest BCUT2D eigenvalue weighted by molar-refractivity contribution is -0.136. The summed E-state index contributed by atoms with van der Waals surface area (Å²) < 4.78 is 0.746. The number of carbonyl (C=O) groups excluding carboxylic acids is 2. The highest BCUT2D eigenvalue weighted by atomic mass is 79.9. The van der Waals surface area contributed by atoms with Gasteiger partial charge in [-0.25, -0.2) is 0 Å². The van der Waals surface area contributed by atoms with Gasteiger partial charge in [-0.1, -0.05) is 46.3 Å². The monoisotopic (exact) mass is 505 g/mol. The summed E-state index contributed by atoms with van der Waals surface area (Å²) in [5, 5.41) is 11.8. The third kappa shape index (κ3) is 3.83. The summed E-state index contributed by atoms with van der Waals surface area (Å²) in [5.41, 5.74) is 5.85. The molecule has 5 heteroatoms. The second kappa shape index (κ2) is 8.54. The fraction of sp³-hybridized carbons (Fsp3) is 0.286. The van der Waals surface area contributed by atoms with Gasteiger partial charge in [0.25, 0.3) is 5.91 Å². The van der Waals surface area contributed by atoms with Crippen molar-refractivity contribution < 1.29 is 14.7 Å². The molecule has 170 valence electrons. The molecule has 4 rings (SSSR count). The highest BCUT2D eigenvalue weighted by Crippen LogP contribution is 2.45. The van der Waals surface area contributed by atoms with Crippen molar-refractivity contribution in [2.75, 3.05) is 4.90 Å². The Morgan fingerprint density at radius 1 is 0.909 bits per heavy atom. The Bertz CT molecular complexity index is 1250. The second-order valence-corrected chi connectivity index (χ2v) is 9.91. The molecule has 0 bridgehead atoms. The van der Waals surface area contributed by atoms with Crippen LogP contribution < -0.4 is 4.90 Å². The molecule has 0 saturated heterocycles. The van der Waals surface area contributed by atoms with E-state index in [2.05, 4.69) is 22.9 Å². The van der Waals surface area contributed by atoms with E-state index in [9.17, 15) is 14.7 Å². The number of halogens is 1. The number of amides is 1. The number of hydrogen-bond donors (Lipinski definition) is 1. The van der Waals surface area contributed by atoms with E-state index in [0.29, 0.717) is 23.4 Å². The van der Waals surface area contributed by atoms with Crippen LogP contribution >= 0.6 is 15.9 Å². The Morgan fingerprint density at radius 2 is 1.48 bits per heavy atom. The second-order valence-electron chi connectivity index (χ2n) is 9.00. The lowest BCUT2D eigenvalue weighted by Gasteiger charge is -2.24. The van der Waals surface area contributed by atoms with Gasteiger partial charge in [0.05, 0.1) is 18.7 Å². The molecule has 0 aromatic heterocycles. The molecule has 3 aromatic carbocycles. The summed E-state index contributed by atoms with van der Waals surface area (Å²) in [7, 11) is 0. The predicted molar refractivity (Wildman–Crippen MR) is 135 cm³/mol. The van der Waals surface area contributed by atoms with Crippen molar-refractivity contribution in [2.24, 2.45) is 0 Å². The number of carbonyl (C=O) groups is 2. The van der Waals surface area contributed by atoms with Gasteiger partial charge in [-0.05, 0) is 86.2 Å². The predicted octanol–water partition coefficient (Wildman–Crippen LogP) is 6.00. The number of Topliss-reactive ketones (excluding diaryl/α,β-unsaturated/α-hetero) is 1. The molecule has 1 atom stereocenters. The van der Waals surface area contributed by atoms with Crippen LogP contribution in [0.3, 0.4) is 0 Å². The molecule has 0 fully saturated rings. The number of benzene rings is 3. The number of ketones is 1. The first kappa shape index (κ1) is 23.4. The normalized spacial score (nSPS) is 17.4. The minimum atomic E-state index is -1.92. The van der Waals surface area contributed by atoms with Gasteiger partial charge in [0, 0.05) is 15.6 Å². The van der Waals surface area contributed by atoms with Crippen molar-refractivity contribution in [1.29, 1.82) is 0 Å². The van der Waals surface area contributed by atoms with Gasteiger partial charge in [0.2, 0.25) is 0 Å². The van der Waals surface area contributed by atoms with Gasteiger partial charge in [0.15, 0.2) is 11.4 Å². The molecule has 4 nitrogen and oxygen atoms in total. The van der Waals surface area contributed by atoms with Gasteiger partial charge in [-0.15, -0.1) is 0 Å². The Morgan fingerprint density at radius 3 is 2.09 bits per heavy atom. The first-order valence-corrected chi connectivity index (χ1v) is 11.8. The van der Waals surface area contributed by atoms with Crippen LogP contribution in [0.25, 0.3) is 0 Å². The zero-order valence-electron chi connectivity index (χ0n) is 19.6. The van der Waals surface area contributed by atoms with E-state index in [1.165, 1.54) is 5.56 Å². The zero-order valence-corrected chi connectivity index (χ0v) is 21.2. The maximum atomic E-state index is 13.6. The van der Waals surface area contributed by atoms with E-state index in [0.717, 1.165) is 32.3 Å². The topological polar surface area (TPSA) is 57.6 Å². The lowest BCUT2D eigenvalue weighted by atomic mass is 9.82. The van der Waals surface area contributed by atoms with Gasteiger partial charge in [-0.3, -0.25) is 9.59 Å². The molecule has 1 amide bonds. The Kier molecular flexibility index (Phi) is 6.06. The minimum Gasteiger partial charge on any atom is -0.375 e. The maximum Gasteiger partial charge on any atom is 0.264 e. The molecular formula is C28H28BrNO3. The van der Waals surface area contributed by atoms with E-state index < -0.39 is 11.5 Å². The van der Waals surface area contributed by atoms with Crippen LogP contribution in [0.2, 0.25) is 0 Å². The van der Waals surface area contributed by atoms with Crippen LogP contribution in [-0.2, 0) is 16.9 Å². The molecule has 1 aliphatic heterocycles. The van der Waals surface area contributed by atoms with Crippen LogP contribution in [0.1, 0.15) is 55.7 Å². The molecule has 0 unspecified atom stereocenters. The molecule has 0 radical (unpaired) electrons. The zero-order chi connectivity index (χ0) is 24.1. The van der Waals surface area contributed by atoms with Crippen molar-refractivity contribution in [1.82, 2.24) is 0 Å². The number of anilines is 1. The summed E-state index contributed by atoms with van der Waals surface area (Å²) in [6.07, 6.45) is -0.301. The number of nitrogens with zero attached hydrogens (tertiary/aromatic N) is 1. The Hall–Kier alpha value is -2.76. The van der Waals surface area contributed by atoms with Gasteiger partial charge < -0.3 is 10.0 Å². The largest absolute Gasteiger partial charge is 0.375 e. The van der Waals surface area contributed by atoms with E-state index in [1.807, 2.05) is 70.2 Å². The number of aliphatic hydroxyl groups is 1. The summed E-state index contributed by atoms with van der Waals surface area (Å²) >= 11 is 3.46. The average Bonchev–Trinajstić information content (AvgIpc) is 2.98. The number of fused-ring (bicyclic) bond motifs is 1. The number of rotatable bonds is 5. The van der Waals surface area contributed by atoms with Crippen LogP contribution in [0.4, 0.5) is 5.69 Å². The molecule has 3 aromatic rings. The third-order valence-corrected chi connectivity index (χ3v) is 7.67. The van der Waals surface area contributed by atoms with E-state index in [-0.39, 0.29) is 12.2 Å². The average molecular weight is 506 g/mol. The van der Waals surface area contributed by atoms with Crippen LogP contribution in [0.15, 0.2) is 53.0 Å². The molecule has 1 N–H and O–H groups in total. The third-order valence-electron chi connectivity index (χ3n) is 7.17. The number of hydrogen-bond acceptors (Lipinski definition) is 3. The summed E-state index contributed by atoms with van der Waals surface area (Å²) in [4.78, 5) is 28.8. The van der Waals surface area contributed by atoms with Gasteiger partial charge in [0.1, 0.15) is 0 Å². The molecular weight excluding hydrogens is 478 g/mol. The fourth-order valence-corrected chi connectivity index (χ4v) is 5.22. The standard InChI is InChI=1S/C28H28BrNO3/c1-16-17(2)19(4)26(20(5)18(16)3)25(31)14-28(33)23-13-22(29)11-12-24(23)30(27(28)32)15-21-9-7-6-8-10-21/h6-13,33H,14-15H2,1-5H3/t28-/m1/s1. The van der Waals surface area contributed by atoms with Crippen LogP contribution in [0.5, 0.6) is 0 Å². The minimum absolute atomic E-state index is 0.223. The Labute approximate surface area is 203 Å². The summed E-state index contributed by atoms with van der Waals surface area (Å²) in [6.45, 7) is 10.3. The fourth-order valence-electron chi connectivity index (χ4n) is 4.86. The first-order valence-electron chi connectivity index (χ1n) is 11.0. The smallest absolute Gasteiger partial charge is 0.264 e. The van der Waals surface area contributed by atoms with Gasteiger partial charge in [-0.2, -0.15) is 0 Å². The maximum absolute atomic E-state index is 13.6. The van der Waals surface area contributed by atoms with Crippen LogP contribution in [0, 0.1) is 34.6 Å². The SMILES string of the molecule is Cc1c(C)c(C)c(C(=O)C[C@]2(O)C(=O)N(Cc3ccccc3)c3ccc(Br)cc32)c(C)c1C. The molecule has 0 aliphatic carbocycles. The van der Waals surface area contributed by atoms with Crippen molar-refractivity contribution >= 4 is 33.3 Å². The van der Waals surface area contributed by atoms with Gasteiger partial charge >= 0.3 is 0 Å². The molecule has 0 spiro atoms.